The molecule has 0 heterocycles. The number of nitrogens with two attached hydrogens (primary N) is 1. The highest BCUT2D eigenvalue weighted by Crippen LogP contribution is 2.16. The lowest BCUT2D eigenvalue weighted by Gasteiger charge is -2.12. The summed E-state index contributed by atoms with van der Waals surface area (Å²) in [5.41, 5.74) is 6.25. The van der Waals surface area contributed by atoms with Crippen LogP contribution in [0.2, 0.25) is 0 Å². The van der Waals surface area contributed by atoms with Crippen LogP contribution in [0.5, 0.6) is 0 Å². The molecular weight excluding hydrogens is 278 g/mol. The summed E-state index contributed by atoms with van der Waals surface area (Å²) in [7, 11) is -0.506. The molecule has 3 N–H and O–H groups in total. The molecule has 0 aliphatic rings. The number of nitrogens with one attached hydrogen (secondary N) is 1. The average Bonchev–Trinajstić information content (AvgIpc) is 2.38. The van der Waals surface area contributed by atoms with Crippen molar-refractivity contribution in [3.8, 4) is 0 Å². The van der Waals surface area contributed by atoms with Crippen molar-refractivity contribution < 1.29 is 13.2 Å². The minimum Gasteiger partial charge on any atom is -0.327 e. The van der Waals surface area contributed by atoms with E-state index in [-0.39, 0.29) is 23.3 Å². The van der Waals surface area contributed by atoms with Gasteiger partial charge in [0.05, 0.1) is 4.90 Å². The largest absolute Gasteiger partial charge is 0.327 e. The number of carbonyl (C=O) groups excluding carboxylic acids is 1. The highest BCUT2D eigenvalue weighted by atomic mass is 32.2. The minimum absolute atomic E-state index is 0.164. The molecule has 0 radical (unpaired) electrons. The number of hydrogen-bond donors (Lipinski definition) is 2. The van der Waals surface area contributed by atoms with Gasteiger partial charge in [0.1, 0.15) is 0 Å². The van der Waals surface area contributed by atoms with Crippen LogP contribution >= 0.6 is 0 Å². The number of hydrogen-bond acceptors (Lipinski definition) is 4. The van der Waals surface area contributed by atoms with E-state index in [0.29, 0.717) is 5.69 Å². The first-order valence-electron chi connectivity index (χ1n) is 6.35. The second-order valence-corrected chi connectivity index (χ2v) is 6.88. The second-order valence-electron chi connectivity index (χ2n) is 4.73. The molecule has 0 aliphatic carbocycles. The predicted molar refractivity (Wildman–Crippen MR) is 78.8 cm³/mol. The van der Waals surface area contributed by atoms with E-state index in [1.165, 1.54) is 26.2 Å². The Morgan fingerprint density at radius 1 is 1.30 bits per heavy atom. The van der Waals surface area contributed by atoms with Crippen molar-refractivity contribution in [2.45, 2.75) is 30.7 Å². The van der Waals surface area contributed by atoms with E-state index in [4.69, 9.17) is 5.73 Å². The molecule has 0 aliphatic heterocycles. The maximum absolute atomic E-state index is 11.9. The summed E-state index contributed by atoms with van der Waals surface area (Å²) < 4.78 is 24.9. The lowest BCUT2D eigenvalue weighted by Crippen LogP contribution is -2.26. The third-order valence-electron chi connectivity index (χ3n) is 2.89. The minimum atomic E-state index is -3.44. The molecule has 1 atom stereocenters. The zero-order valence-electron chi connectivity index (χ0n) is 12.0. The van der Waals surface area contributed by atoms with E-state index < -0.39 is 10.0 Å². The van der Waals surface area contributed by atoms with Gasteiger partial charge in [-0.3, -0.25) is 4.79 Å². The standard InChI is InChI=1S/C13H21N3O3S/c1-4-10(14)9-13(17)15-11-5-7-12(8-6-11)20(18,19)16(2)3/h5-8,10H,4,9,14H2,1-3H3,(H,15,17). The van der Waals surface area contributed by atoms with Gasteiger partial charge >= 0.3 is 0 Å². The van der Waals surface area contributed by atoms with E-state index in [1.807, 2.05) is 6.92 Å². The Morgan fingerprint density at radius 2 is 1.85 bits per heavy atom. The molecule has 0 aromatic heterocycles. The molecule has 20 heavy (non-hydrogen) atoms. The Hall–Kier alpha value is -1.44. The van der Waals surface area contributed by atoms with Crippen molar-refractivity contribution in [1.29, 1.82) is 0 Å². The highest BCUT2D eigenvalue weighted by molar-refractivity contribution is 7.89. The van der Waals surface area contributed by atoms with Gasteiger partial charge in [0.15, 0.2) is 0 Å². The molecule has 0 bridgehead atoms. The maximum atomic E-state index is 11.9. The molecule has 0 saturated heterocycles. The van der Waals surface area contributed by atoms with Crippen molar-refractivity contribution in [2.75, 3.05) is 19.4 Å². The lowest BCUT2D eigenvalue weighted by atomic mass is 10.1. The van der Waals surface area contributed by atoms with Crippen molar-refractivity contribution in [1.82, 2.24) is 4.31 Å². The van der Waals surface area contributed by atoms with Crippen LogP contribution in [0, 0.1) is 0 Å². The normalized spacial score (nSPS) is 13.2. The average molecular weight is 299 g/mol. The lowest BCUT2D eigenvalue weighted by molar-refractivity contribution is -0.116. The summed E-state index contributed by atoms with van der Waals surface area (Å²) in [6.45, 7) is 1.92. The number of benzene rings is 1. The molecule has 1 unspecified atom stereocenters. The SMILES string of the molecule is CCC(N)CC(=O)Nc1ccc(S(=O)(=O)N(C)C)cc1. The molecular formula is C13H21N3O3S. The van der Waals surface area contributed by atoms with E-state index in [9.17, 15) is 13.2 Å². The van der Waals surface area contributed by atoms with Crippen molar-refractivity contribution in [3.63, 3.8) is 0 Å². The number of anilines is 1. The molecule has 0 saturated carbocycles. The summed E-state index contributed by atoms with van der Waals surface area (Å²) >= 11 is 0. The Kier molecular flexibility index (Phi) is 5.67. The van der Waals surface area contributed by atoms with Gasteiger partial charge in [-0.2, -0.15) is 0 Å². The number of carbonyl (C=O) groups is 1. The topological polar surface area (TPSA) is 92.5 Å². The first-order chi connectivity index (χ1) is 9.27. The molecule has 1 aromatic carbocycles. The molecule has 6 nitrogen and oxygen atoms in total. The third kappa shape index (κ3) is 4.29. The van der Waals surface area contributed by atoms with Crippen LogP contribution in [-0.2, 0) is 14.8 Å². The molecule has 1 rings (SSSR count). The van der Waals surface area contributed by atoms with E-state index in [0.717, 1.165) is 10.7 Å². The first kappa shape index (κ1) is 16.6. The highest BCUT2D eigenvalue weighted by Gasteiger charge is 2.16. The summed E-state index contributed by atoms with van der Waals surface area (Å²) in [6.07, 6.45) is 0.974. The number of sulfonamides is 1. The van der Waals surface area contributed by atoms with Crippen LogP contribution in [0.4, 0.5) is 5.69 Å². The van der Waals surface area contributed by atoms with Gasteiger partial charge in [0.25, 0.3) is 0 Å². The maximum Gasteiger partial charge on any atom is 0.242 e. The summed E-state index contributed by atoms with van der Waals surface area (Å²) in [5.74, 6) is -0.178. The number of nitrogens with zero attached hydrogens (tertiary/aromatic N) is 1. The van der Waals surface area contributed by atoms with Gasteiger partial charge in [0, 0.05) is 32.2 Å². The van der Waals surface area contributed by atoms with Crippen LogP contribution in [-0.4, -0.2) is 38.8 Å². The van der Waals surface area contributed by atoms with Crippen LogP contribution in [0.25, 0.3) is 0 Å². The van der Waals surface area contributed by atoms with Crippen molar-refractivity contribution >= 4 is 21.6 Å². The molecule has 112 valence electrons. The van der Waals surface area contributed by atoms with Crippen molar-refractivity contribution in [2.24, 2.45) is 5.73 Å². The number of amides is 1. The fourth-order valence-electron chi connectivity index (χ4n) is 1.52. The predicted octanol–water partition coefficient (Wildman–Crippen LogP) is 1.00. The summed E-state index contributed by atoms with van der Waals surface area (Å²) in [5, 5.41) is 2.69. The molecule has 1 aromatic rings. The Morgan fingerprint density at radius 3 is 2.30 bits per heavy atom. The Labute approximate surface area is 120 Å². The molecule has 0 spiro atoms. The Balaban J connectivity index is 2.75. The number of rotatable bonds is 6. The van der Waals surface area contributed by atoms with Crippen LogP contribution in [0.15, 0.2) is 29.2 Å². The smallest absolute Gasteiger partial charge is 0.242 e. The summed E-state index contributed by atoms with van der Waals surface area (Å²) in [4.78, 5) is 11.8. The Bertz CT molecular complexity index is 553. The quantitative estimate of drug-likeness (QED) is 0.819. The van der Waals surface area contributed by atoms with Gasteiger partial charge in [-0.1, -0.05) is 6.92 Å². The van der Waals surface area contributed by atoms with Crippen LogP contribution in [0.3, 0.4) is 0 Å². The van der Waals surface area contributed by atoms with E-state index in [2.05, 4.69) is 5.32 Å². The van der Waals surface area contributed by atoms with Gasteiger partial charge in [0.2, 0.25) is 15.9 Å². The van der Waals surface area contributed by atoms with Gasteiger partial charge in [-0.25, -0.2) is 12.7 Å². The zero-order valence-corrected chi connectivity index (χ0v) is 12.8. The van der Waals surface area contributed by atoms with E-state index >= 15 is 0 Å². The van der Waals surface area contributed by atoms with Crippen LogP contribution < -0.4 is 11.1 Å². The monoisotopic (exact) mass is 299 g/mol. The first-order valence-corrected chi connectivity index (χ1v) is 7.79. The van der Waals surface area contributed by atoms with Gasteiger partial charge < -0.3 is 11.1 Å². The fourth-order valence-corrected chi connectivity index (χ4v) is 2.42. The fraction of sp³-hybridized carbons (Fsp3) is 0.462. The molecule has 7 heteroatoms. The molecule has 1 amide bonds. The molecule has 0 fully saturated rings. The summed E-state index contributed by atoms with van der Waals surface area (Å²) in [6, 6.07) is 5.88. The van der Waals surface area contributed by atoms with Gasteiger partial charge in [-0.05, 0) is 30.7 Å². The van der Waals surface area contributed by atoms with Gasteiger partial charge in [-0.15, -0.1) is 0 Å². The second kappa shape index (κ2) is 6.83. The van der Waals surface area contributed by atoms with E-state index in [1.54, 1.807) is 12.1 Å². The zero-order chi connectivity index (χ0) is 15.3. The van der Waals surface area contributed by atoms with Crippen molar-refractivity contribution in [3.05, 3.63) is 24.3 Å². The van der Waals surface area contributed by atoms with Crippen LogP contribution in [0.1, 0.15) is 19.8 Å². The third-order valence-corrected chi connectivity index (χ3v) is 4.72.